The van der Waals surface area contributed by atoms with Crippen LogP contribution in [0.25, 0.3) is 0 Å². The molecule has 0 aliphatic heterocycles. The van der Waals surface area contributed by atoms with E-state index >= 15 is 0 Å². The van der Waals surface area contributed by atoms with Gasteiger partial charge in [0, 0.05) is 33.7 Å². The molecular weight excluding hydrogens is 225 g/mol. The predicted molar refractivity (Wildman–Crippen MR) is 57.2 cm³/mol. The predicted octanol–water partition coefficient (Wildman–Crippen LogP) is 1.69. The lowest BCUT2D eigenvalue weighted by Crippen LogP contribution is -2.12. The van der Waals surface area contributed by atoms with E-state index < -0.39 is 16.6 Å². The van der Waals surface area contributed by atoms with Crippen LogP contribution in [0.2, 0.25) is 5.02 Å². The maximum absolute atomic E-state index is 13.2. The maximum atomic E-state index is 13.2. The highest BCUT2D eigenvalue weighted by molar-refractivity contribution is 7.84. The first-order valence-electron chi connectivity index (χ1n) is 4.12. The Labute approximate surface area is 89.7 Å². The molecule has 0 heterocycles. The van der Waals surface area contributed by atoms with Crippen molar-refractivity contribution >= 4 is 22.4 Å². The van der Waals surface area contributed by atoms with Gasteiger partial charge in [-0.15, -0.1) is 0 Å². The molecule has 1 aromatic rings. The Kier molecular flexibility index (Phi) is 4.51. The van der Waals surface area contributed by atoms with Gasteiger partial charge in [-0.05, 0) is 12.1 Å². The van der Waals surface area contributed by atoms with Crippen molar-refractivity contribution in [2.45, 2.75) is 5.75 Å². The van der Waals surface area contributed by atoms with Gasteiger partial charge in [0.1, 0.15) is 5.82 Å². The number of benzene rings is 1. The highest BCUT2D eigenvalue weighted by Gasteiger charge is 2.06. The van der Waals surface area contributed by atoms with E-state index in [0.29, 0.717) is 22.9 Å². The highest BCUT2D eigenvalue weighted by Crippen LogP contribution is 2.15. The Hall–Kier alpha value is -0.450. The fourth-order valence-corrected chi connectivity index (χ4v) is 2.16. The smallest absolute Gasteiger partial charge is 0.128 e. The second-order valence-electron chi connectivity index (χ2n) is 2.81. The molecule has 14 heavy (non-hydrogen) atoms. The number of nitrogens with two attached hydrogens (primary N) is 1. The topological polar surface area (TPSA) is 43.1 Å². The van der Waals surface area contributed by atoms with Crippen LogP contribution in [0.5, 0.6) is 0 Å². The van der Waals surface area contributed by atoms with Crippen molar-refractivity contribution in [3.05, 3.63) is 34.6 Å². The van der Waals surface area contributed by atoms with E-state index in [-0.39, 0.29) is 5.75 Å². The van der Waals surface area contributed by atoms with Crippen molar-refractivity contribution < 1.29 is 8.60 Å². The molecule has 1 unspecified atom stereocenters. The maximum Gasteiger partial charge on any atom is 0.128 e. The Morgan fingerprint density at radius 2 is 2.21 bits per heavy atom. The van der Waals surface area contributed by atoms with Gasteiger partial charge in [-0.3, -0.25) is 4.21 Å². The van der Waals surface area contributed by atoms with Crippen LogP contribution in [0.15, 0.2) is 18.2 Å². The Morgan fingerprint density at radius 1 is 1.50 bits per heavy atom. The summed E-state index contributed by atoms with van der Waals surface area (Å²) in [4.78, 5) is 0. The molecular formula is C9H11ClFNOS. The quantitative estimate of drug-likeness (QED) is 0.863. The van der Waals surface area contributed by atoms with E-state index in [2.05, 4.69) is 0 Å². The Balaban J connectivity index is 2.72. The van der Waals surface area contributed by atoms with Crippen molar-refractivity contribution in [3.8, 4) is 0 Å². The molecule has 0 amide bonds. The number of halogens is 2. The van der Waals surface area contributed by atoms with E-state index in [1.165, 1.54) is 6.07 Å². The summed E-state index contributed by atoms with van der Waals surface area (Å²) in [5.74, 6) is 0.172. The molecule has 0 bridgehead atoms. The molecule has 0 aliphatic rings. The standard InChI is InChI=1S/C9H11ClFNOS/c10-8-2-1-7(9(11)5-8)6-14(13)4-3-12/h1-2,5H,3-4,6,12H2. The second kappa shape index (κ2) is 5.44. The fourth-order valence-electron chi connectivity index (χ4n) is 1.02. The Bertz CT molecular complexity index is 346. The molecule has 0 fully saturated rings. The molecule has 0 aliphatic carbocycles. The van der Waals surface area contributed by atoms with E-state index in [9.17, 15) is 8.60 Å². The summed E-state index contributed by atoms with van der Waals surface area (Å²) in [6, 6.07) is 4.35. The average Bonchev–Trinajstić information content (AvgIpc) is 2.10. The minimum Gasteiger partial charge on any atom is -0.330 e. The van der Waals surface area contributed by atoms with Gasteiger partial charge in [0.25, 0.3) is 0 Å². The molecule has 0 radical (unpaired) electrons. The number of hydrogen-bond acceptors (Lipinski definition) is 2. The lowest BCUT2D eigenvalue weighted by atomic mass is 10.2. The molecule has 0 spiro atoms. The summed E-state index contributed by atoms with van der Waals surface area (Å²) in [5, 5.41) is 0.343. The number of hydrogen-bond donors (Lipinski definition) is 1. The van der Waals surface area contributed by atoms with Crippen LogP contribution in [-0.2, 0) is 16.6 Å². The van der Waals surface area contributed by atoms with E-state index in [1.807, 2.05) is 0 Å². The summed E-state index contributed by atoms with van der Waals surface area (Å²) >= 11 is 5.58. The SMILES string of the molecule is NCCS(=O)Cc1ccc(Cl)cc1F. The van der Waals surface area contributed by atoms with Crippen LogP contribution >= 0.6 is 11.6 Å². The van der Waals surface area contributed by atoms with Crippen molar-refractivity contribution in [1.29, 1.82) is 0 Å². The van der Waals surface area contributed by atoms with Crippen LogP contribution in [0.1, 0.15) is 5.56 Å². The minimum absolute atomic E-state index is 0.195. The Morgan fingerprint density at radius 3 is 2.79 bits per heavy atom. The molecule has 1 aromatic carbocycles. The zero-order chi connectivity index (χ0) is 10.6. The third-order valence-electron chi connectivity index (χ3n) is 1.68. The van der Waals surface area contributed by atoms with Crippen molar-refractivity contribution in [3.63, 3.8) is 0 Å². The van der Waals surface area contributed by atoms with Crippen LogP contribution < -0.4 is 5.73 Å². The first-order chi connectivity index (χ1) is 6.63. The fraction of sp³-hybridized carbons (Fsp3) is 0.333. The molecule has 5 heteroatoms. The zero-order valence-electron chi connectivity index (χ0n) is 7.50. The van der Waals surface area contributed by atoms with Crippen LogP contribution in [0.4, 0.5) is 4.39 Å². The first kappa shape index (κ1) is 11.6. The van der Waals surface area contributed by atoms with Gasteiger partial charge in [0.05, 0.1) is 5.75 Å². The number of rotatable bonds is 4. The van der Waals surface area contributed by atoms with Gasteiger partial charge < -0.3 is 5.73 Å². The highest BCUT2D eigenvalue weighted by atomic mass is 35.5. The summed E-state index contributed by atoms with van der Waals surface area (Å²) in [7, 11) is -1.10. The molecule has 0 saturated heterocycles. The summed E-state index contributed by atoms with van der Waals surface area (Å²) in [6.07, 6.45) is 0. The van der Waals surface area contributed by atoms with Crippen molar-refractivity contribution in [2.75, 3.05) is 12.3 Å². The van der Waals surface area contributed by atoms with Crippen LogP contribution in [0.3, 0.4) is 0 Å². The summed E-state index contributed by atoms with van der Waals surface area (Å²) in [5.41, 5.74) is 5.66. The summed E-state index contributed by atoms with van der Waals surface area (Å²) in [6.45, 7) is 0.349. The normalized spacial score (nSPS) is 12.8. The molecule has 0 saturated carbocycles. The van der Waals surface area contributed by atoms with Crippen molar-refractivity contribution in [2.24, 2.45) is 5.73 Å². The first-order valence-corrected chi connectivity index (χ1v) is 5.99. The van der Waals surface area contributed by atoms with Crippen LogP contribution in [-0.4, -0.2) is 16.5 Å². The average molecular weight is 236 g/mol. The van der Waals surface area contributed by atoms with Gasteiger partial charge >= 0.3 is 0 Å². The second-order valence-corrected chi connectivity index (χ2v) is 4.83. The summed E-state index contributed by atoms with van der Waals surface area (Å²) < 4.78 is 24.5. The zero-order valence-corrected chi connectivity index (χ0v) is 9.08. The third kappa shape index (κ3) is 3.36. The largest absolute Gasteiger partial charge is 0.330 e. The lowest BCUT2D eigenvalue weighted by Gasteiger charge is -2.02. The van der Waals surface area contributed by atoms with E-state index in [0.717, 1.165) is 0 Å². The van der Waals surface area contributed by atoms with Gasteiger partial charge in [-0.25, -0.2) is 4.39 Å². The van der Waals surface area contributed by atoms with Crippen molar-refractivity contribution in [1.82, 2.24) is 0 Å². The monoisotopic (exact) mass is 235 g/mol. The van der Waals surface area contributed by atoms with Crippen LogP contribution in [0, 0.1) is 5.82 Å². The van der Waals surface area contributed by atoms with Gasteiger partial charge in [0.2, 0.25) is 0 Å². The van der Waals surface area contributed by atoms with Gasteiger partial charge in [-0.1, -0.05) is 17.7 Å². The van der Waals surface area contributed by atoms with Gasteiger partial charge in [-0.2, -0.15) is 0 Å². The molecule has 78 valence electrons. The molecule has 1 atom stereocenters. The lowest BCUT2D eigenvalue weighted by molar-refractivity contribution is 0.615. The minimum atomic E-state index is -1.10. The van der Waals surface area contributed by atoms with E-state index in [1.54, 1.807) is 12.1 Å². The molecule has 0 aromatic heterocycles. The van der Waals surface area contributed by atoms with E-state index in [4.69, 9.17) is 17.3 Å². The third-order valence-corrected chi connectivity index (χ3v) is 3.24. The van der Waals surface area contributed by atoms with Gasteiger partial charge in [0.15, 0.2) is 0 Å². The molecule has 2 N–H and O–H groups in total. The molecule has 2 nitrogen and oxygen atoms in total. The molecule has 1 rings (SSSR count).